The molecular weight excluding hydrogens is 1380 g/mol. The summed E-state index contributed by atoms with van der Waals surface area (Å²) < 4.78 is 11.4. The Morgan fingerprint density at radius 3 is 0.982 bits per heavy atom. The second-order valence-corrected chi connectivity index (χ2v) is 31.1. The van der Waals surface area contributed by atoms with Gasteiger partial charge in [-0.1, -0.05) is 125 Å². The van der Waals surface area contributed by atoms with Crippen molar-refractivity contribution in [2.24, 2.45) is 35.2 Å². The van der Waals surface area contributed by atoms with Crippen molar-refractivity contribution in [3.05, 3.63) is 352 Å². The van der Waals surface area contributed by atoms with Gasteiger partial charge in [0.25, 0.3) is 0 Å². The third-order valence-electron chi connectivity index (χ3n) is 22.8. The van der Waals surface area contributed by atoms with E-state index >= 15 is 0 Å². The summed E-state index contributed by atoms with van der Waals surface area (Å²) in [6.45, 7) is 34.7. The quantitative estimate of drug-likeness (QED) is 0.149. The van der Waals surface area contributed by atoms with Gasteiger partial charge < -0.3 is 0 Å². The van der Waals surface area contributed by atoms with Gasteiger partial charge in [-0.25, -0.2) is 0 Å². The van der Waals surface area contributed by atoms with Gasteiger partial charge in [0.15, 0.2) is 28.5 Å². The lowest BCUT2D eigenvalue weighted by Crippen LogP contribution is -2.35. The van der Waals surface area contributed by atoms with Gasteiger partial charge in [0, 0.05) is 137 Å². The number of benzene rings is 8. The lowest BCUT2D eigenvalue weighted by Gasteiger charge is -2.13. The smallest absolute Gasteiger partial charge is 0.222 e. The van der Waals surface area contributed by atoms with E-state index in [9.17, 15) is 0 Å². The molecule has 9 nitrogen and oxygen atoms in total. The number of fused-ring (bicyclic) bond motifs is 5. The molecule has 0 radical (unpaired) electrons. The largest absolute Gasteiger partial charge is 0.264 e. The zero-order valence-corrected chi connectivity index (χ0v) is 69.9. The summed E-state index contributed by atoms with van der Waals surface area (Å²) in [4.78, 5) is 17.1. The van der Waals surface area contributed by atoms with Gasteiger partial charge in [-0.15, -0.1) is 0 Å². The zero-order chi connectivity index (χ0) is 80.2. The Balaban J connectivity index is 0.000000124. The second-order valence-electron chi connectivity index (χ2n) is 31.1. The highest BCUT2D eigenvalue weighted by atomic mass is 15.0. The SMILES string of the molecule is Cc1cc(C)c(C)c(-c2c3ccc(C)cc3cc(C)[n+]2C)c1.Cc1ccc(C)c(-c2c3ccc(C)cc3cc(C)[n+]2C)c1.Cc1ccc2c(-c3ccccc3C)[n+](C)c(C)cc2c1.Cc1ccncc1-c1c2ccc(-c3cccnc3)cc2cc(C)[n+]1C.Cc1cnccc1-c1c2ccc(-c3cccnc3)cc2cc(C)[n+]1C. The first-order chi connectivity index (χ1) is 54.2. The maximum Gasteiger partial charge on any atom is 0.222 e. The Labute approximate surface area is 668 Å². The molecule has 0 bridgehead atoms. The molecular formula is C104H106N9+5. The first-order valence-corrected chi connectivity index (χ1v) is 39.1. The van der Waals surface area contributed by atoms with Crippen LogP contribution in [-0.2, 0) is 35.2 Å². The van der Waals surface area contributed by atoms with Crippen molar-refractivity contribution in [3.8, 4) is 78.5 Å². The number of nitrogens with zero attached hydrogens (tertiary/aromatic N) is 9. The number of aromatic nitrogens is 9. The second kappa shape index (κ2) is 33.5. The van der Waals surface area contributed by atoms with Gasteiger partial charge >= 0.3 is 0 Å². The van der Waals surface area contributed by atoms with Crippen LogP contribution in [0, 0.1) is 111 Å². The van der Waals surface area contributed by atoms with Crippen LogP contribution >= 0.6 is 0 Å². The van der Waals surface area contributed by atoms with Crippen LogP contribution in [0.4, 0.5) is 0 Å². The molecule has 0 aliphatic rings. The summed E-state index contributed by atoms with van der Waals surface area (Å²) in [6.07, 6.45) is 15.0. The van der Waals surface area contributed by atoms with Gasteiger partial charge in [0.1, 0.15) is 35.2 Å². The molecule has 113 heavy (non-hydrogen) atoms. The lowest BCUT2D eigenvalue weighted by atomic mass is 9.94. The van der Waals surface area contributed by atoms with Crippen molar-refractivity contribution in [1.29, 1.82) is 0 Å². The maximum absolute atomic E-state index is 4.34. The van der Waals surface area contributed by atoms with E-state index in [2.05, 4.69) is 389 Å². The topological polar surface area (TPSA) is 71.0 Å². The molecule has 8 aromatic carbocycles. The maximum atomic E-state index is 4.34. The molecule has 0 fully saturated rings. The fourth-order valence-electron chi connectivity index (χ4n) is 15.9. The summed E-state index contributed by atoms with van der Waals surface area (Å²) >= 11 is 0. The van der Waals surface area contributed by atoms with Crippen molar-refractivity contribution < 1.29 is 22.8 Å². The minimum absolute atomic E-state index is 1.13. The molecule has 0 aliphatic carbocycles. The fraction of sp³-hybridized carbons (Fsp3) is 0.202. The molecule has 0 spiro atoms. The summed E-state index contributed by atoms with van der Waals surface area (Å²) in [5.41, 5.74) is 38.0. The average Bonchev–Trinajstić information content (AvgIpc) is 0.783. The molecule has 17 aromatic rings. The first kappa shape index (κ1) is 78.5. The third kappa shape index (κ3) is 16.6. The summed E-state index contributed by atoms with van der Waals surface area (Å²) in [6, 6.07) is 76.9. The number of aryl methyl sites for hydroxylation is 15. The predicted molar refractivity (Wildman–Crippen MR) is 471 cm³/mol. The van der Waals surface area contributed by atoms with Crippen molar-refractivity contribution >= 4 is 53.9 Å². The van der Waals surface area contributed by atoms with Crippen LogP contribution in [0.5, 0.6) is 0 Å². The number of hydrogen-bond donors (Lipinski definition) is 0. The minimum atomic E-state index is 1.13. The molecule has 9 aromatic heterocycles. The average molecular weight is 1480 g/mol. The molecule has 9 heteroatoms. The predicted octanol–water partition coefficient (Wildman–Crippen LogP) is 22.5. The van der Waals surface area contributed by atoms with Crippen LogP contribution in [0.25, 0.3) is 132 Å². The lowest BCUT2D eigenvalue weighted by molar-refractivity contribution is -0.665. The minimum Gasteiger partial charge on any atom is -0.264 e. The van der Waals surface area contributed by atoms with Crippen LogP contribution in [0.1, 0.15) is 89.7 Å². The standard InChI is InChI=1S/2C22H20N3.C21H24N.C20H22N.C19H20N/c1-15-13-24-10-8-20(15)22-21-7-6-17(18-5-4-9-23-14-18)12-19(21)11-16(2)25(22)3;1-15-8-10-24-14-21(15)22-20-7-6-17(18-5-4-9-23-13-18)12-19(20)11-16(2)25(22)3;1-13-7-8-19-18(10-13)12-16(4)22(6)21(19)20-11-14(2)9-15(3)17(20)5;1-13-7-9-18-17(10-13)12-16(4)21(5)20(18)19-11-14(2)6-8-15(19)3;1-13-9-10-18-16(11-13)12-15(3)20(4)19(18)17-8-6-5-7-14(17)2/h2*4-14H,1-3H3;7-12H,1-6H3;6-12H,1-5H3;5-12H,1-4H3/q5*+1. The van der Waals surface area contributed by atoms with E-state index in [4.69, 9.17) is 0 Å². The molecule has 9 heterocycles. The Kier molecular flexibility index (Phi) is 23.3. The monoisotopic (exact) mass is 1480 g/mol. The van der Waals surface area contributed by atoms with Gasteiger partial charge in [0.2, 0.25) is 28.5 Å². The van der Waals surface area contributed by atoms with E-state index in [1.165, 1.54) is 211 Å². The van der Waals surface area contributed by atoms with Crippen molar-refractivity contribution in [1.82, 2.24) is 19.9 Å². The van der Waals surface area contributed by atoms with Crippen molar-refractivity contribution in [3.63, 3.8) is 0 Å². The van der Waals surface area contributed by atoms with Crippen LogP contribution in [-0.4, -0.2) is 19.9 Å². The van der Waals surface area contributed by atoms with Crippen molar-refractivity contribution in [2.45, 2.75) is 111 Å². The molecule has 0 N–H and O–H groups in total. The summed E-state index contributed by atoms with van der Waals surface area (Å²) in [7, 11) is 10.7. The summed E-state index contributed by atoms with van der Waals surface area (Å²) in [5.74, 6) is 0. The molecule has 0 aliphatic heterocycles. The van der Waals surface area contributed by atoms with E-state index in [1.54, 1.807) is 12.4 Å². The van der Waals surface area contributed by atoms with E-state index in [1.807, 2.05) is 49.3 Å². The first-order valence-electron chi connectivity index (χ1n) is 39.1. The van der Waals surface area contributed by atoms with E-state index in [-0.39, 0.29) is 0 Å². The highest BCUT2D eigenvalue weighted by molar-refractivity contribution is 6.00. The number of pyridine rings is 9. The van der Waals surface area contributed by atoms with Crippen molar-refractivity contribution in [2.75, 3.05) is 0 Å². The molecule has 0 saturated carbocycles. The highest BCUT2D eigenvalue weighted by Gasteiger charge is 2.26. The van der Waals surface area contributed by atoms with Crippen LogP contribution in [0.3, 0.4) is 0 Å². The Bertz CT molecular complexity index is 6320. The normalized spacial score (nSPS) is 11.1. The Hall–Kier alpha value is -12.6. The van der Waals surface area contributed by atoms with Crippen LogP contribution < -0.4 is 22.8 Å². The molecule has 0 amide bonds. The fourth-order valence-corrected chi connectivity index (χ4v) is 15.9. The summed E-state index contributed by atoms with van der Waals surface area (Å²) in [5, 5.41) is 12.9. The molecule has 0 unspecified atom stereocenters. The van der Waals surface area contributed by atoms with Crippen LogP contribution in [0.2, 0.25) is 0 Å². The van der Waals surface area contributed by atoms with E-state index < -0.39 is 0 Å². The van der Waals surface area contributed by atoms with E-state index in [0.717, 1.165) is 11.1 Å². The number of hydrogen-bond acceptors (Lipinski definition) is 4. The zero-order valence-electron chi connectivity index (χ0n) is 69.9. The van der Waals surface area contributed by atoms with E-state index in [0.29, 0.717) is 0 Å². The molecule has 17 rings (SSSR count). The molecule has 562 valence electrons. The van der Waals surface area contributed by atoms with Gasteiger partial charge in [-0.2, -0.15) is 22.8 Å². The number of rotatable bonds is 7. The molecule has 0 atom stereocenters. The third-order valence-corrected chi connectivity index (χ3v) is 22.8. The van der Waals surface area contributed by atoms with Gasteiger partial charge in [-0.05, 0) is 233 Å². The van der Waals surface area contributed by atoms with Gasteiger partial charge in [-0.3, -0.25) is 19.9 Å². The Morgan fingerprint density at radius 1 is 0.204 bits per heavy atom. The van der Waals surface area contributed by atoms with Gasteiger partial charge in [0.05, 0.1) is 43.6 Å². The Morgan fingerprint density at radius 2 is 0.549 bits per heavy atom. The highest BCUT2D eigenvalue weighted by Crippen LogP contribution is 2.37. The van der Waals surface area contributed by atoms with Crippen LogP contribution in [0.15, 0.2) is 262 Å². The molecule has 0 saturated heterocycles.